The highest BCUT2D eigenvalue weighted by atomic mass is 16.4. The van der Waals surface area contributed by atoms with Crippen molar-refractivity contribution in [2.45, 2.75) is 45.7 Å². The highest BCUT2D eigenvalue weighted by molar-refractivity contribution is 5.73. The molecule has 1 aliphatic heterocycles. The fourth-order valence-electron chi connectivity index (χ4n) is 2.21. The van der Waals surface area contributed by atoms with Crippen LogP contribution in [0.3, 0.4) is 0 Å². The highest BCUT2D eigenvalue weighted by Gasteiger charge is 2.25. The molecule has 0 bridgehead atoms. The van der Waals surface area contributed by atoms with E-state index in [1.807, 2.05) is 4.90 Å². The van der Waals surface area contributed by atoms with Gasteiger partial charge < -0.3 is 14.6 Å². The first kappa shape index (κ1) is 13.1. The minimum atomic E-state index is 0.0768. The van der Waals surface area contributed by atoms with Gasteiger partial charge >= 0.3 is 0 Å². The van der Waals surface area contributed by atoms with Crippen molar-refractivity contribution in [2.24, 2.45) is 0 Å². The maximum atomic E-state index is 11.7. The Labute approximate surface area is 108 Å². The van der Waals surface area contributed by atoms with Gasteiger partial charge in [-0.15, -0.1) is 0 Å². The van der Waals surface area contributed by atoms with Crippen LogP contribution < -0.4 is 5.32 Å². The van der Waals surface area contributed by atoms with E-state index in [0.717, 1.165) is 25.3 Å². The van der Waals surface area contributed by atoms with Crippen LogP contribution in [0.1, 0.15) is 44.8 Å². The second-order valence-corrected chi connectivity index (χ2v) is 5.10. The molecule has 1 aromatic heterocycles. The van der Waals surface area contributed by atoms with Crippen LogP contribution in [-0.4, -0.2) is 34.9 Å². The molecule has 5 heteroatoms. The first-order chi connectivity index (χ1) is 8.58. The number of hydrogen-bond acceptors (Lipinski definition) is 4. The zero-order valence-electron chi connectivity index (χ0n) is 11.3. The van der Waals surface area contributed by atoms with Crippen LogP contribution in [0.4, 0.5) is 0 Å². The van der Waals surface area contributed by atoms with Gasteiger partial charge in [-0.2, -0.15) is 0 Å². The first-order valence-electron chi connectivity index (χ1n) is 6.50. The van der Waals surface area contributed by atoms with Crippen LogP contribution in [0.2, 0.25) is 0 Å². The van der Waals surface area contributed by atoms with Gasteiger partial charge in [0.15, 0.2) is 0 Å². The monoisotopic (exact) mass is 251 g/mol. The van der Waals surface area contributed by atoms with Crippen molar-refractivity contribution in [3.05, 3.63) is 17.8 Å². The molecule has 0 spiro atoms. The van der Waals surface area contributed by atoms with E-state index in [4.69, 9.17) is 4.42 Å². The van der Waals surface area contributed by atoms with Crippen LogP contribution in [-0.2, 0) is 11.3 Å². The van der Waals surface area contributed by atoms with Gasteiger partial charge in [0, 0.05) is 25.4 Å². The van der Waals surface area contributed by atoms with Crippen LogP contribution in [0.5, 0.6) is 0 Å². The van der Waals surface area contributed by atoms with Gasteiger partial charge in [0.1, 0.15) is 5.76 Å². The molecular formula is C13H21N3O2. The fraction of sp³-hybridized carbons (Fsp3) is 0.692. The fourth-order valence-corrected chi connectivity index (χ4v) is 2.21. The van der Waals surface area contributed by atoms with Gasteiger partial charge in [-0.1, -0.05) is 13.8 Å². The number of hydrogen-bond donors (Lipinski definition) is 1. The molecule has 1 saturated heterocycles. The topological polar surface area (TPSA) is 58.4 Å². The second-order valence-electron chi connectivity index (χ2n) is 5.10. The number of nitrogens with one attached hydrogen (secondary N) is 1. The van der Waals surface area contributed by atoms with Gasteiger partial charge in [-0.05, 0) is 13.0 Å². The smallest absolute Gasteiger partial charge is 0.220 e. The zero-order valence-corrected chi connectivity index (χ0v) is 11.3. The number of nitrogens with zero attached hydrogens (tertiary/aromatic N) is 2. The third-order valence-electron chi connectivity index (χ3n) is 3.33. The van der Waals surface area contributed by atoms with Gasteiger partial charge in [-0.3, -0.25) is 4.79 Å². The van der Waals surface area contributed by atoms with Crippen LogP contribution >= 0.6 is 0 Å². The Morgan fingerprint density at radius 3 is 2.94 bits per heavy atom. The Hall–Kier alpha value is -1.36. The third-order valence-corrected chi connectivity index (χ3v) is 3.33. The summed E-state index contributed by atoms with van der Waals surface area (Å²) < 4.78 is 5.66. The Morgan fingerprint density at radius 1 is 1.67 bits per heavy atom. The molecule has 0 saturated carbocycles. The van der Waals surface area contributed by atoms with Crippen molar-refractivity contribution in [3.8, 4) is 0 Å². The molecule has 1 N–H and O–H groups in total. The summed E-state index contributed by atoms with van der Waals surface area (Å²) in [5, 5.41) is 3.27. The molecule has 18 heavy (non-hydrogen) atoms. The Bertz CT molecular complexity index is 408. The molecule has 0 aliphatic carbocycles. The van der Waals surface area contributed by atoms with Gasteiger partial charge in [0.05, 0.1) is 12.7 Å². The molecule has 1 aromatic rings. The van der Waals surface area contributed by atoms with E-state index in [1.54, 1.807) is 13.1 Å². The van der Waals surface area contributed by atoms with E-state index in [-0.39, 0.29) is 11.9 Å². The molecule has 2 heterocycles. The molecule has 1 aliphatic rings. The second kappa shape index (κ2) is 5.52. The Balaban J connectivity index is 2.05. The lowest BCUT2D eigenvalue weighted by atomic mass is 10.2. The molecule has 0 aromatic carbocycles. The predicted octanol–water partition coefficient (Wildman–Crippen LogP) is 1.51. The first-order valence-corrected chi connectivity index (χ1v) is 6.50. The lowest BCUT2D eigenvalue weighted by Crippen LogP contribution is -2.39. The lowest BCUT2D eigenvalue weighted by Gasteiger charge is -2.25. The van der Waals surface area contributed by atoms with E-state index in [2.05, 4.69) is 24.1 Å². The highest BCUT2D eigenvalue weighted by Crippen LogP contribution is 2.18. The van der Waals surface area contributed by atoms with E-state index in [0.29, 0.717) is 18.4 Å². The number of aromatic nitrogens is 1. The molecule has 5 nitrogen and oxygen atoms in total. The van der Waals surface area contributed by atoms with E-state index in [9.17, 15) is 4.79 Å². The van der Waals surface area contributed by atoms with E-state index < -0.39 is 0 Å². The molecule has 0 unspecified atom stereocenters. The molecule has 1 amide bonds. The number of amides is 1. The van der Waals surface area contributed by atoms with Crippen LogP contribution in [0.25, 0.3) is 0 Å². The number of carbonyl (C=O) groups is 1. The molecule has 1 fully saturated rings. The normalized spacial score (nSPS) is 19.4. The SMILES string of the molecule is CC(=O)N(Cc1ncc(C(C)C)o1)[C@H]1CCNC1. The molecule has 1 atom stereocenters. The molecule has 0 radical (unpaired) electrons. The van der Waals surface area contributed by atoms with E-state index in [1.165, 1.54) is 0 Å². The summed E-state index contributed by atoms with van der Waals surface area (Å²) in [6.07, 6.45) is 2.75. The molecule has 2 rings (SSSR count). The van der Waals surface area contributed by atoms with Gasteiger partial charge in [-0.25, -0.2) is 4.98 Å². The Kier molecular flexibility index (Phi) is 4.01. The van der Waals surface area contributed by atoms with Crippen molar-refractivity contribution in [2.75, 3.05) is 13.1 Å². The van der Waals surface area contributed by atoms with E-state index >= 15 is 0 Å². The standard InChI is InChI=1S/C13H21N3O2/c1-9(2)12-7-15-13(18-12)8-16(10(3)17)11-4-5-14-6-11/h7,9,11,14H,4-6,8H2,1-3H3/t11-/m0/s1. The average molecular weight is 251 g/mol. The van der Waals surface area contributed by atoms with Gasteiger partial charge in [0.25, 0.3) is 0 Å². The minimum Gasteiger partial charge on any atom is -0.444 e. The van der Waals surface area contributed by atoms with Crippen molar-refractivity contribution in [1.82, 2.24) is 15.2 Å². The van der Waals surface area contributed by atoms with Crippen LogP contribution in [0, 0.1) is 0 Å². The third kappa shape index (κ3) is 2.90. The quantitative estimate of drug-likeness (QED) is 0.881. The largest absolute Gasteiger partial charge is 0.444 e. The summed E-state index contributed by atoms with van der Waals surface area (Å²) in [6.45, 7) is 8.02. The summed E-state index contributed by atoms with van der Waals surface area (Å²) in [7, 11) is 0. The van der Waals surface area contributed by atoms with Crippen molar-refractivity contribution < 1.29 is 9.21 Å². The number of rotatable bonds is 4. The summed E-state index contributed by atoms with van der Waals surface area (Å²) in [5.41, 5.74) is 0. The Morgan fingerprint density at radius 2 is 2.44 bits per heavy atom. The van der Waals surface area contributed by atoms with Crippen molar-refractivity contribution in [1.29, 1.82) is 0 Å². The average Bonchev–Trinajstić information content (AvgIpc) is 2.96. The summed E-state index contributed by atoms with van der Waals surface area (Å²) in [6, 6.07) is 0.261. The molecular weight excluding hydrogens is 230 g/mol. The summed E-state index contributed by atoms with van der Waals surface area (Å²) in [4.78, 5) is 17.8. The number of carbonyl (C=O) groups excluding carboxylic acids is 1. The van der Waals surface area contributed by atoms with Crippen molar-refractivity contribution >= 4 is 5.91 Å². The van der Waals surface area contributed by atoms with Gasteiger partial charge in [0.2, 0.25) is 11.8 Å². The number of oxazole rings is 1. The predicted molar refractivity (Wildman–Crippen MR) is 68.1 cm³/mol. The zero-order chi connectivity index (χ0) is 13.1. The summed E-state index contributed by atoms with van der Waals surface area (Å²) >= 11 is 0. The maximum Gasteiger partial charge on any atom is 0.220 e. The van der Waals surface area contributed by atoms with Crippen molar-refractivity contribution in [3.63, 3.8) is 0 Å². The maximum absolute atomic E-state index is 11.7. The minimum absolute atomic E-state index is 0.0768. The lowest BCUT2D eigenvalue weighted by molar-refractivity contribution is -0.131. The van der Waals surface area contributed by atoms with Crippen LogP contribution in [0.15, 0.2) is 10.6 Å². The molecule has 100 valence electrons. The summed E-state index contributed by atoms with van der Waals surface area (Å²) in [5.74, 6) is 1.90.